The van der Waals surface area contributed by atoms with Crippen molar-refractivity contribution in [1.29, 1.82) is 0 Å². The molecule has 2 unspecified atom stereocenters. The molecule has 1 rings (SSSR count). The van der Waals surface area contributed by atoms with Crippen LogP contribution >= 0.6 is 11.3 Å². The zero-order chi connectivity index (χ0) is 13.1. The van der Waals surface area contributed by atoms with Gasteiger partial charge in [0.2, 0.25) is 0 Å². The van der Waals surface area contributed by atoms with E-state index in [0.717, 1.165) is 4.88 Å². The maximum absolute atomic E-state index is 12.9. The van der Waals surface area contributed by atoms with E-state index in [4.69, 9.17) is 5.73 Å². The molecule has 2 nitrogen and oxygen atoms in total. The number of halogens is 3. The van der Waals surface area contributed by atoms with Gasteiger partial charge in [-0.3, -0.25) is 4.90 Å². The second-order valence-electron chi connectivity index (χ2n) is 3.99. The zero-order valence-electron chi connectivity index (χ0n) is 9.87. The van der Waals surface area contributed by atoms with Gasteiger partial charge in [-0.15, -0.1) is 11.3 Å². The Balaban J connectivity index is 2.82. The monoisotopic (exact) mass is 266 g/mol. The number of nitrogens with two attached hydrogens (primary N) is 1. The predicted molar refractivity (Wildman–Crippen MR) is 63.9 cm³/mol. The molecule has 0 bridgehead atoms. The van der Waals surface area contributed by atoms with E-state index in [2.05, 4.69) is 0 Å². The van der Waals surface area contributed by atoms with E-state index >= 15 is 0 Å². The summed E-state index contributed by atoms with van der Waals surface area (Å²) < 4.78 is 38.8. The van der Waals surface area contributed by atoms with Gasteiger partial charge in [0, 0.05) is 17.5 Å². The summed E-state index contributed by atoms with van der Waals surface area (Å²) in [6.45, 7) is 3.73. The summed E-state index contributed by atoms with van der Waals surface area (Å²) in [5.41, 5.74) is 5.47. The van der Waals surface area contributed by atoms with Crippen LogP contribution in [0.25, 0.3) is 0 Å². The minimum Gasteiger partial charge on any atom is -0.326 e. The van der Waals surface area contributed by atoms with Crippen molar-refractivity contribution in [1.82, 2.24) is 4.90 Å². The molecule has 2 atom stereocenters. The number of hydrogen-bond donors (Lipinski definition) is 1. The predicted octanol–water partition coefficient (Wildman–Crippen LogP) is 2.85. The fraction of sp³-hybridized carbons (Fsp3) is 0.636. The molecule has 6 heteroatoms. The first-order valence-corrected chi connectivity index (χ1v) is 6.33. The molecule has 1 aromatic rings. The maximum atomic E-state index is 12.9. The van der Waals surface area contributed by atoms with Crippen molar-refractivity contribution < 1.29 is 13.2 Å². The summed E-state index contributed by atoms with van der Waals surface area (Å²) in [7, 11) is 0. The van der Waals surface area contributed by atoms with Crippen molar-refractivity contribution >= 4 is 11.3 Å². The fourth-order valence-electron chi connectivity index (χ4n) is 1.85. The van der Waals surface area contributed by atoms with Crippen LogP contribution in [0.5, 0.6) is 0 Å². The Kier molecular flexibility index (Phi) is 4.97. The molecular weight excluding hydrogens is 249 g/mol. The van der Waals surface area contributed by atoms with Crippen molar-refractivity contribution in [2.75, 3.05) is 6.54 Å². The average Bonchev–Trinajstić information content (AvgIpc) is 2.66. The lowest BCUT2D eigenvalue weighted by atomic mass is 10.1. The van der Waals surface area contributed by atoms with Crippen LogP contribution in [-0.4, -0.2) is 29.7 Å². The summed E-state index contributed by atoms with van der Waals surface area (Å²) in [5.74, 6) is 0. The molecule has 0 amide bonds. The molecule has 0 radical (unpaired) electrons. The van der Waals surface area contributed by atoms with Crippen LogP contribution < -0.4 is 5.73 Å². The Labute approximate surface area is 103 Å². The molecule has 0 saturated heterocycles. The summed E-state index contributed by atoms with van der Waals surface area (Å²) in [6, 6.07) is 1.15. The standard InChI is InChI=1S/C11H17F3N2S/c1-3-16(7-9-5-4-6-17-9)10(8(2)15)11(12,13)14/h4-6,8,10H,3,7,15H2,1-2H3. The van der Waals surface area contributed by atoms with Gasteiger partial charge in [0.15, 0.2) is 0 Å². The highest BCUT2D eigenvalue weighted by Gasteiger charge is 2.45. The number of thiophene rings is 1. The second-order valence-corrected chi connectivity index (χ2v) is 5.02. The lowest BCUT2D eigenvalue weighted by Crippen LogP contribution is -2.54. The minimum absolute atomic E-state index is 0.292. The molecule has 0 aliphatic carbocycles. The first-order chi connectivity index (χ1) is 7.86. The third kappa shape index (κ3) is 3.97. The van der Waals surface area contributed by atoms with Crippen LogP contribution in [0.15, 0.2) is 17.5 Å². The molecule has 0 spiro atoms. The Morgan fingerprint density at radius 1 is 1.47 bits per heavy atom. The highest BCUT2D eigenvalue weighted by Crippen LogP contribution is 2.28. The van der Waals surface area contributed by atoms with Crippen LogP contribution in [0.3, 0.4) is 0 Å². The summed E-state index contributed by atoms with van der Waals surface area (Å²) >= 11 is 1.46. The normalized spacial score (nSPS) is 16.2. The van der Waals surface area contributed by atoms with Crippen molar-refractivity contribution in [3.05, 3.63) is 22.4 Å². The molecule has 0 aliphatic rings. The van der Waals surface area contributed by atoms with Gasteiger partial charge >= 0.3 is 6.18 Å². The third-order valence-electron chi connectivity index (χ3n) is 2.57. The molecule has 0 saturated carbocycles. The molecule has 0 fully saturated rings. The van der Waals surface area contributed by atoms with Crippen LogP contribution in [0.4, 0.5) is 13.2 Å². The van der Waals surface area contributed by atoms with Crippen LogP contribution in [0.2, 0.25) is 0 Å². The lowest BCUT2D eigenvalue weighted by Gasteiger charge is -2.34. The van der Waals surface area contributed by atoms with Crippen molar-refractivity contribution in [2.24, 2.45) is 5.73 Å². The van der Waals surface area contributed by atoms with Gasteiger partial charge in [-0.25, -0.2) is 0 Å². The minimum atomic E-state index is -4.29. The quantitative estimate of drug-likeness (QED) is 0.888. The number of nitrogens with zero attached hydrogens (tertiary/aromatic N) is 1. The third-order valence-corrected chi connectivity index (χ3v) is 3.43. The van der Waals surface area contributed by atoms with E-state index in [9.17, 15) is 13.2 Å². The van der Waals surface area contributed by atoms with E-state index in [-0.39, 0.29) is 0 Å². The first-order valence-electron chi connectivity index (χ1n) is 5.45. The van der Waals surface area contributed by atoms with E-state index in [1.807, 2.05) is 17.5 Å². The second kappa shape index (κ2) is 5.84. The zero-order valence-corrected chi connectivity index (χ0v) is 10.7. The van der Waals surface area contributed by atoms with E-state index < -0.39 is 18.3 Å². The molecule has 2 N–H and O–H groups in total. The Bertz CT molecular complexity index is 322. The molecule has 98 valence electrons. The molecule has 0 aliphatic heterocycles. The largest absolute Gasteiger partial charge is 0.405 e. The number of rotatable bonds is 5. The SMILES string of the molecule is CCN(Cc1cccs1)C(C(C)N)C(F)(F)F. The summed E-state index contributed by atoms with van der Waals surface area (Å²) in [6.07, 6.45) is -4.29. The lowest BCUT2D eigenvalue weighted by molar-refractivity contribution is -0.189. The topological polar surface area (TPSA) is 29.3 Å². The molecule has 17 heavy (non-hydrogen) atoms. The molecule has 1 heterocycles. The molecular formula is C11H17F3N2S. The van der Waals surface area contributed by atoms with Crippen LogP contribution in [0, 0.1) is 0 Å². The van der Waals surface area contributed by atoms with Gasteiger partial charge in [0.1, 0.15) is 6.04 Å². The van der Waals surface area contributed by atoms with Crippen LogP contribution in [0.1, 0.15) is 18.7 Å². The summed E-state index contributed by atoms with van der Waals surface area (Å²) in [5, 5.41) is 1.86. The number of alkyl halides is 3. The average molecular weight is 266 g/mol. The number of hydrogen-bond acceptors (Lipinski definition) is 3. The van der Waals surface area contributed by atoms with Gasteiger partial charge in [0.05, 0.1) is 0 Å². The highest BCUT2D eigenvalue weighted by molar-refractivity contribution is 7.09. The highest BCUT2D eigenvalue weighted by atomic mass is 32.1. The van der Waals surface area contributed by atoms with Crippen molar-refractivity contribution in [3.63, 3.8) is 0 Å². The van der Waals surface area contributed by atoms with Gasteiger partial charge in [-0.2, -0.15) is 13.2 Å². The number of likely N-dealkylation sites (N-methyl/N-ethyl adjacent to an activating group) is 1. The Hall–Kier alpha value is -0.590. The summed E-state index contributed by atoms with van der Waals surface area (Å²) in [4.78, 5) is 2.29. The van der Waals surface area contributed by atoms with Gasteiger partial charge in [-0.05, 0) is 24.9 Å². The van der Waals surface area contributed by atoms with E-state index in [0.29, 0.717) is 13.1 Å². The van der Waals surface area contributed by atoms with E-state index in [1.165, 1.54) is 23.2 Å². The maximum Gasteiger partial charge on any atom is 0.405 e. The van der Waals surface area contributed by atoms with Gasteiger partial charge in [0.25, 0.3) is 0 Å². The van der Waals surface area contributed by atoms with Crippen molar-refractivity contribution in [3.8, 4) is 0 Å². The smallest absolute Gasteiger partial charge is 0.326 e. The van der Waals surface area contributed by atoms with Gasteiger partial charge < -0.3 is 5.73 Å². The van der Waals surface area contributed by atoms with Gasteiger partial charge in [-0.1, -0.05) is 13.0 Å². The first kappa shape index (κ1) is 14.5. The Morgan fingerprint density at radius 3 is 2.47 bits per heavy atom. The molecule has 0 aromatic carbocycles. The van der Waals surface area contributed by atoms with E-state index in [1.54, 1.807) is 6.92 Å². The van der Waals surface area contributed by atoms with Crippen LogP contribution in [-0.2, 0) is 6.54 Å². The molecule has 1 aromatic heterocycles. The Morgan fingerprint density at radius 2 is 2.12 bits per heavy atom. The fourth-order valence-corrected chi connectivity index (χ4v) is 2.58. The van der Waals surface area contributed by atoms with Crippen molar-refractivity contribution in [2.45, 2.75) is 38.7 Å².